The molecule has 0 bridgehead atoms. The first-order valence-corrected chi connectivity index (χ1v) is 8.42. The molecule has 2 aromatic carbocycles. The number of hydrogen-bond donors (Lipinski definition) is 1. The molecular weight excluding hydrogens is 344 g/mol. The van der Waals surface area contributed by atoms with E-state index in [1.165, 1.54) is 11.2 Å². The zero-order chi connectivity index (χ0) is 19.2. The Morgan fingerprint density at radius 3 is 2.56 bits per heavy atom. The summed E-state index contributed by atoms with van der Waals surface area (Å²) < 4.78 is 11.0. The maximum absolute atomic E-state index is 12.6. The third kappa shape index (κ3) is 4.55. The molecule has 1 N–H and O–H groups in total. The van der Waals surface area contributed by atoms with E-state index < -0.39 is 5.91 Å². The Morgan fingerprint density at radius 2 is 1.81 bits per heavy atom. The van der Waals surface area contributed by atoms with Gasteiger partial charge in [0.1, 0.15) is 12.4 Å². The maximum Gasteiger partial charge on any atom is 0.291 e. The highest BCUT2D eigenvalue weighted by Crippen LogP contribution is 2.18. The molecule has 2 amide bonds. The Hall–Kier alpha value is -3.54. The average Bonchev–Trinajstić information content (AvgIpc) is 3.15. The number of hydrogen-bond acceptors (Lipinski definition) is 4. The van der Waals surface area contributed by atoms with E-state index in [0.29, 0.717) is 22.6 Å². The summed E-state index contributed by atoms with van der Waals surface area (Å²) in [4.78, 5) is 26.1. The summed E-state index contributed by atoms with van der Waals surface area (Å²) in [5, 5.41) is 2.76. The molecular formula is C21H20N2O4. The first-order valence-electron chi connectivity index (χ1n) is 8.42. The van der Waals surface area contributed by atoms with Crippen LogP contribution in [0.15, 0.2) is 71.3 Å². The van der Waals surface area contributed by atoms with Crippen molar-refractivity contribution in [3.05, 3.63) is 83.8 Å². The van der Waals surface area contributed by atoms with Crippen LogP contribution in [0.4, 0.5) is 5.69 Å². The molecule has 3 aromatic rings. The molecule has 6 heteroatoms. The summed E-state index contributed by atoms with van der Waals surface area (Å²) in [5.41, 5.74) is 1.64. The van der Waals surface area contributed by atoms with Gasteiger partial charge in [-0.05, 0) is 36.4 Å². The van der Waals surface area contributed by atoms with Crippen LogP contribution in [0, 0.1) is 0 Å². The molecule has 0 saturated carbocycles. The van der Waals surface area contributed by atoms with Crippen molar-refractivity contribution in [2.45, 2.75) is 6.61 Å². The first-order chi connectivity index (χ1) is 13.0. The molecule has 6 nitrogen and oxygen atoms in total. The van der Waals surface area contributed by atoms with Crippen molar-refractivity contribution in [1.29, 1.82) is 0 Å². The van der Waals surface area contributed by atoms with Crippen LogP contribution >= 0.6 is 0 Å². The van der Waals surface area contributed by atoms with Gasteiger partial charge >= 0.3 is 0 Å². The Kier molecular flexibility index (Phi) is 5.56. The summed E-state index contributed by atoms with van der Waals surface area (Å²) in [6.07, 6.45) is 1.45. The number of nitrogens with one attached hydrogen (secondary N) is 1. The van der Waals surface area contributed by atoms with Crippen molar-refractivity contribution >= 4 is 17.5 Å². The molecule has 3 rings (SSSR count). The van der Waals surface area contributed by atoms with Crippen molar-refractivity contribution < 1.29 is 18.7 Å². The third-order valence-electron chi connectivity index (χ3n) is 3.86. The van der Waals surface area contributed by atoms with E-state index in [1.54, 1.807) is 44.4 Å². The van der Waals surface area contributed by atoms with Gasteiger partial charge in [-0.1, -0.05) is 24.3 Å². The van der Waals surface area contributed by atoms with E-state index >= 15 is 0 Å². The second kappa shape index (κ2) is 8.23. The van der Waals surface area contributed by atoms with Gasteiger partial charge in [0.2, 0.25) is 0 Å². The van der Waals surface area contributed by atoms with Gasteiger partial charge in [-0.15, -0.1) is 0 Å². The van der Waals surface area contributed by atoms with Gasteiger partial charge in [-0.3, -0.25) is 9.59 Å². The van der Waals surface area contributed by atoms with E-state index in [0.717, 1.165) is 0 Å². The lowest BCUT2D eigenvalue weighted by Crippen LogP contribution is -2.22. The summed E-state index contributed by atoms with van der Waals surface area (Å²) in [6.45, 7) is 0.211. The summed E-state index contributed by atoms with van der Waals surface area (Å²) in [5.74, 6) is 0.345. The van der Waals surface area contributed by atoms with Gasteiger partial charge in [-0.25, -0.2) is 0 Å². The number of furan rings is 1. The van der Waals surface area contributed by atoms with E-state index in [9.17, 15) is 9.59 Å². The van der Waals surface area contributed by atoms with E-state index in [4.69, 9.17) is 9.15 Å². The predicted octanol–water partition coefficient (Wildman–Crippen LogP) is 3.81. The van der Waals surface area contributed by atoms with Crippen molar-refractivity contribution in [3.8, 4) is 5.75 Å². The van der Waals surface area contributed by atoms with E-state index in [1.807, 2.05) is 30.3 Å². The topological polar surface area (TPSA) is 71.8 Å². The van der Waals surface area contributed by atoms with Crippen LogP contribution in [0.3, 0.4) is 0 Å². The number of anilines is 1. The molecule has 138 valence electrons. The lowest BCUT2D eigenvalue weighted by Gasteiger charge is -2.11. The summed E-state index contributed by atoms with van der Waals surface area (Å²) >= 11 is 0. The molecule has 0 atom stereocenters. The minimum Gasteiger partial charge on any atom is -0.489 e. The van der Waals surface area contributed by atoms with Gasteiger partial charge in [0.15, 0.2) is 5.76 Å². The zero-order valence-corrected chi connectivity index (χ0v) is 15.1. The van der Waals surface area contributed by atoms with E-state index in [-0.39, 0.29) is 18.3 Å². The lowest BCUT2D eigenvalue weighted by atomic mass is 10.1. The Labute approximate surface area is 157 Å². The molecule has 0 fully saturated rings. The largest absolute Gasteiger partial charge is 0.489 e. The van der Waals surface area contributed by atoms with Crippen LogP contribution in [0.5, 0.6) is 5.75 Å². The number of carbonyl (C=O) groups excluding carboxylic acids is 2. The number of para-hydroxylation sites is 1. The van der Waals surface area contributed by atoms with Crippen LogP contribution in [0.1, 0.15) is 26.5 Å². The quantitative estimate of drug-likeness (QED) is 0.722. The SMILES string of the molecule is CN(C)C(=O)c1cccc(NC(=O)c2occc2COc2ccccc2)c1. The Bertz CT molecular complexity index is 932. The molecule has 0 aliphatic rings. The number of rotatable bonds is 6. The molecule has 0 aliphatic carbocycles. The lowest BCUT2D eigenvalue weighted by molar-refractivity contribution is 0.0827. The highest BCUT2D eigenvalue weighted by Gasteiger charge is 2.17. The van der Waals surface area contributed by atoms with Crippen LogP contribution in [-0.2, 0) is 6.61 Å². The molecule has 0 unspecified atom stereocenters. The Morgan fingerprint density at radius 1 is 1.04 bits per heavy atom. The fourth-order valence-corrected chi connectivity index (χ4v) is 2.50. The van der Waals surface area contributed by atoms with Crippen molar-refractivity contribution in [2.75, 3.05) is 19.4 Å². The molecule has 1 heterocycles. The minimum atomic E-state index is -0.402. The fraction of sp³-hybridized carbons (Fsp3) is 0.143. The normalized spacial score (nSPS) is 10.3. The number of nitrogens with zero attached hydrogens (tertiary/aromatic N) is 1. The number of ether oxygens (including phenoxy) is 1. The van der Waals surface area contributed by atoms with Crippen LogP contribution in [-0.4, -0.2) is 30.8 Å². The molecule has 27 heavy (non-hydrogen) atoms. The van der Waals surface area contributed by atoms with Gasteiger partial charge < -0.3 is 19.4 Å². The molecule has 0 aliphatic heterocycles. The van der Waals surface area contributed by atoms with Crippen LogP contribution in [0.2, 0.25) is 0 Å². The second-order valence-corrected chi connectivity index (χ2v) is 6.11. The summed E-state index contributed by atoms with van der Waals surface area (Å²) in [7, 11) is 3.35. The molecule has 0 spiro atoms. The highest BCUT2D eigenvalue weighted by atomic mass is 16.5. The average molecular weight is 364 g/mol. The standard InChI is InChI=1S/C21H20N2O4/c1-23(2)21(25)15-7-6-8-17(13-15)22-20(24)19-16(11-12-26-19)14-27-18-9-4-3-5-10-18/h3-13H,14H2,1-2H3,(H,22,24). The molecule has 1 aromatic heterocycles. The molecule has 0 radical (unpaired) electrons. The van der Waals surface area contributed by atoms with Crippen LogP contribution < -0.4 is 10.1 Å². The van der Waals surface area contributed by atoms with Gasteiger partial charge in [0, 0.05) is 30.9 Å². The van der Waals surface area contributed by atoms with Gasteiger partial charge in [-0.2, -0.15) is 0 Å². The Balaban J connectivity index is 1.70. The van der Waals surface area contributed by atoms with Crippen molar-refractivity contribution in [2.24, 2.45) is 0 Å². The number of carbonyl (C=O) groups is 2. The minimum absolute atomic E-state index is 0.138. The van der Waals surface area contributed by atoms with Gasteiger partial charge in [0.05, 0.1) is 6.26 Å². The smallest absolute Gasteiger partial charge is 0.291 e. The maximum atomic E-state index is 12.6. The van der Waals surface area contributed by atoms with Crippen LogP contribution in [0.25, 0.3) is 0 Å². The first kappa shape index (κ1) is 18.3. The molecule has 0 saturated heterocycles. The van der Waals surface area contributed by atoms with Crippen molar-refractivity contribution in [3.63, 3.8) is 0 Å². The number of benzene rings is 2. The summed E-state index contributed by atoms with van der Waals surface area (Å²) in [6, 6.07) is 17.8. The van der Waals surface area contributed by atoms with Crippen molar-refractivity contribution in [1.82, 2.24) is 4.90 Å². The highest BCUT2D eigenvalue weighted by molar-refractivity contribution is 6.04. The van der Waals surface area contributed by atoms with E-state index in [2.05, 4.69) is 5.32 Å². The monoisotopic (exact) mass is 364 g/mol. The predicted molar refractivity (Wildman–Crippen MR) is 102 cm³/mol. The van der Waals surface area contributed by atoms with Gasteiger partial charge in [0.25, 0.3) is 11.8 Å². The second-order valence-electron chi connectivity index (χ2n) is 6.11. The third-order valence-corrected chi connectivity index (χ3v) is 3.86. The fourth-order valence-electron chi connectivity index (χ4n) is 2.50. The zero-order valence-electron chi connectivity index (χ0n) is 15.1. The number of amides is 2.